The van der Waals surface area contributed by atoms with E-state index in [0.29, 0.717) is 11.3 Å². The Morgan fingerprint density at radius 1 is 1.08 bits per heavy atom. The molecule has 1 aromatic carbocycles. The molecular formula is C20H18N4O. The van der Waals surface area contributed by atoms with Gasteiger partial charge in [-0.2, -0.15) is 5.10 Å². The molecule has 0 radical (unpaired) electrons. The Morgan fingerprint density at radius 3 is 2.64 bits per heavy atom. The maximum Gasteiger partial charge on any atom is 0.168 e. The molecule has 0 saturated heterocycles. The Morgan fingerprint density at radius 2 is 1.88 bits per heavy atom. The molecule has 0 bridgehead atoms. The van der Waals surface area contributed by atoms with E-state index in [-0.39, 0.29) is 5.41 Å². The van der Waals surface area contributed by atoms with E-state index >= 15 is 0 Å². The second kappa shape index (κ2) is 5.48. The van der Waals surface area contributed by atoms with Crippen LogP contribution in [0.3, 0.4) is 0 Å². The highest BCUT2D eigenvalue weighted by Crippen LogP contribution is 2.29. The van der Waals surface area contributed by atoms with Crippen LogP contribution >= 0.6 is 0 Å². The summed E-state index contributed by atoms with van der Waals surface area (Å²) in [6.45, 7) is 6.28. The second-order valence-electron chi connectivity index (χ2n) is 7.14. The van der Waals surface area contributed by atoms with Gasteiger partial charge in [-0.05, 0) is 18.2 Å². The van der Waals surface area contributed by atoms with Gasteiger partial charge in [0.25, 0.3) is 0 Å². The van der Waals surface area contributed by atoms with Gasteiger partial charge in [0.05, 0.1) is 17.4 Å². The van der Waals surface area contributed by atoms with E-state index in [4.69, 9.17) is 0 Å². The normalized spacial score (nSPS) is 12.0. The van der Waals surface area contributed by atoms with Gasteiger partial charge in [0, 0.05) is 28.1 Å². The number of aldehydes is 1. The van der Waals surface area contributed by atoms with Crippen LogP contribution in [0.4, 0.5) is 0 Å². The van der Waals surface area contributed by atoms with Crippen molar-refractivity contribution in [3.05, 3.63) is 60.2 Å². The molecule has 0 fully saturated rings. The summed E-state index contributed by atoms with van der Waals surface area (Å²) < 4.78 is 1.82. The molecular weight excluding hydrogens is 312 g/mol. The number of fused-ring (bicyclic) bond motifs is 2. The lowest BCUT2D eigenvalue weighted by molar-refractivity contribution is 0.111. The summed E-state index contributed by atoms with van der Waals surface area (Å²) in [5, 5.41) is 5.58. The van der Waals surface area contributed by atoms with Gasteiger partial charge in [0.2, 0.25) is 0 Å². The van der Waals surface area contributed by atoms with Crippen molar-refractivity contribution in [1.29, 1.82) is 0 Å². The first-order valence-corrected chi connectivity index (χ1v) is 8.17. The molecule has 0 aliphatic rings. The molecule has 3 heterocycles. The standard InChI is InChI=1S/C20H18N4O/c1-20(2,3)18-9-15(12-25)23-19-16(11-22-24(18)19)14-8-13-6-4-5-7-17(13)21-10-14/h4-12H,1-3H3. The number of nitrogens with zero attached hydrogens (tertiary/aromatic N) is 4. The lowest BCUT2D eigenvalue weighted by atomic mass is 9.91. The first kappa shape index (κ1) is 15.4. The molecule has 4 rings (SSSR count). The van der Waals surface area contributed by atoms with Gasteiger partial charge < -0.3 is 0 Å². The van der Waals surface area contributed by atoms with E-state index < -0.39 is 0 Å². The molecule has 0 unspecified atom stereocenters. The fourth-order valence-electron chi connectivity index (χ4n) is 3.00. The van der Waals surface area contributed by atoms with Crippen molar-refractivity contribution >= 4 is 22.8 Å². The number of aromatic nitrogens is 4. The number of benzene rings is 1. The average molecular weight is 330 g/mol. The predicted molar refractivity (Wildman–Crippen MR) is 97.8 cm³/mol. The summed E-state index contributed by atoms with van der Waals surface area (Å²) >= 11 is 0. The molecule has 4 aromatic rings. The highest BCUT2D eigenvalue weighted by Gasteiger charge is 2.22. The molecule has 0 N–H and O–H groups in total. The quantitative estimate of drug-likeness (QED) is 0.520. The van der Waals surface area contributed by atoms with Crippen molar-refractivity contribution in [2.24, 2.45) is 0 Å². The van der Waals surface area contributed by atoms with Crippen molar-refractivity contribution in [2.75, 3.05) is 0 Å². The zero-order chi connectivity index (χ0) is 17.6. The second-order valence-corrected chi connectivity index (χ2v) is 7.14. The first-order valence-electron chi connectivity index (χ1n) is 8.17. The number of pyridine rings is 1. The minimum absolute atomic E-state index is 0.163. The van der Waals surface area contributed by atoms with E-state index in [2.05, 4.69) is 41.9 Å². The van der Waals surface area contributed by atoms with Gasteiger partial charge in [-0.1, -0.05) is 39.0 Å². The Hall–Kier alpha value is -3.08. The topological polar surface area (TPSA) is 60.2 Å². The smallest absolute Gasteiger partial charge is 0.168 e. The lowest BCUT2D eigenvalue weighted by Gasteiger charge is -2.20. The monoisotopic (exact) mass is 330 g/mol. The number of carbonyl (C=O) groups is 1. The van der Waals surface area contributed by atoms with Crippen LogP contribution in [0.2, 0.25) is 0 Å². The van der Waals surface area contributed by atoms with Gasteiger partial charge >= 0.3 is 0 Å². The number of rotatable bonds is 2. The van der Waals surface area contributed by atoms with E-state index in [1.807, 2.05) is 35.0 Å². The number of carbonyl (C=O) groups excluding carboxylic acids is 1. The third-order valence-electron chi connectivity index (χ3n) is 4.28. The predicted octanol–water partition coefficient (Wildman–Crippen LogP) is 4.05. The van der Waals surface area contributed by atoms with Crippen LogP contribution in [0.25, 0.3) is 27.7 Å². The molecule has 5 heteroatoms. The van der Waals surface area contributed by atoms with Crippen molar-refractivity contribution < 1.29 is 4.79 Å². The highest BCUT2D eigenvalue weighted by molar-refractivity contribution is 5.87. The van der Waals surface area contributed by atoms with Gasteiger partial charge in [-0.15, -0.1) is 0 Å². The lowest BCUT2D eigenvalue weighted by Crippen LogP contribution is -2.18. The maximum absolute atomic E-state index is 11.4. The summed E-state index contributed by atoms with van der Waals surface area (Å²) in [6.07, 6.45) is 4.40. The zero-order valence-corrected chi connectivity index (χ0v) is 14.4. The largest absolute Gasteiger partial charge is 0.296 e. The average Bonchev–Trinajstić information content (AvgIpc) is 3.03. The summed E-state index contributed by atoms with van der Waals surface area (Å²) in [6, 6.07) is 11.8. The van der Waals surface area contributed by atoms with E-state index in [9.17, 15) is 4.79 Å². The van der Waals surface area contributed by atoms with Crippen LogP contribution < -0.4 is 0 Å². The Bertz CT molecular complexity index is 1110. The SMILES string of the molecule is CC(C)(C)c1cc(C=O)nc2c(-c3cnc4ccccc4c3)cnn12. The summed E-state index contributed by atoms with van der Waals surface area (Å²) in [4.78, 5) is 20.4. The molecule has 0 spiro atoms. The van der Waals surface area contributed by atoms with E-state index in [1.54, 1.807) is 12.3 Å². The fourth-order valence-corrected chi connectivity index (χ4v) is 3.00. The molecule has 0 aliphatic heterocycles. The number of hydrogen-bond acceptors (Lipinski definition) is 4. The molecule has 124 valence electrons. The van der Waals surface area contributed by atoms with Crippen LogP contribution in [0.1, 0.15) is 37.0 Å². The van der Waals surface area contributed by atoms with Gasteiger partial charge in [-0.25, -0.2) is 9.50 Å². The van der Waals surface area contributed by atoms with E-state index in [1.165, 1.54) is 0 Å². The third-order valence-corrected chi connectivity index (χ3v) is 4.28. The van der Waals surface area contributed by atoms with Crippen LogP contribution in [-0.4, -0.2) is 25.9 Å². The first-order chi connectivity index (χ1) is 12.0. The third kappa shape index (κ3) is 2.58. The van der Waals surface area contributed by atoms with Crippen LogP contribution in [0, 0.1) is 0 Å². The summed E-state index contributed by atoms with van der Waals surface area (Å²) in [5.74, 6) is 0. The maximum atomic E-state index is 11.4. The Labute approximate surface area is 145 Å². The molecule has 0 atom stereocenters. The van der Waals surface area contributed by atoms with Crippen LogP contribution in [-0.2, 0) is 5.41 Å². The minimum atomic E-state index is -0.163. The van der Waals surface area contributed by atoms with Gasteiger partial charge in [0.15, 0.2) is 11.9 Å². The van der Waals surface area contributed by atoms with Gasteiger partial charge in [0.1, 0.15) is 5.69 Å². The fraction of sp³-hybridized carbons (Fsp3) is 0.200. The molecule has 25 heavy (non-hydrogen) atoms. The summed E-state index contributed by atoms with van der Waals surface area (Å²) in [7, 11) is 0. The minimum Gasteiger partial charge on any atom is -0.296 e. The number of hydrogen-bond donors (Lipinski definition) is 0. The zero-order valence-electron chi connectivity index (χ0n) is 14.4. The summed E-state index contributed by atoms with van der Waals surface area (Å²) in [5.41, 5.74) is 4.61. The van der Waals surface area contributed by atoms with Crippen LogP contribution in [0.5, 0.6) is 0 Å². The van der Waals surface area contributed by atoms with Crippen molar-refractivity contribution in [1.82, 2.24) is 19.6 Å². The van der Waals surface area contributed by atoms with Crippen molar-refractivity contribution in [2.45, 2.75) is 26.2 Å². The molecule has 0 aliphatic carbocycles. The number of para-hydroxylation sites is 1. The van der Waals surface area contributed by atoms with E-state index in [0.717, 1.165) is 34.0 Å². The molecule has 3 aromatic heterocycles. The molecule has 5 nitrogen and oxygen atoms in total. The highest BCUT2D eigenvalue weighted by atomic mass is 16.1. The molecule has 0 saturated carbocycles. The molecule has 0 amide bonds. The Kier molecular flexibility index (Phi) is 3.39. The van der Waals surface area contributed by atoms with Crippen molar-refractivity contribution in [3.63, 3.8) is 0 Å². The van der Waals surface area contributed by atoms with Crippen molar-refractivity contribution in [3.8, 4) is 11.1 Å². The van der Waals surface area contributed by atoms with Crippen LogP contribution in [0.15, 0.2) is 48.8 Å². The van der Waals surface area contributed by atoms with Gasteiger partial charge in [-0.3, -0.25) is 9.78 Å². The Balaban J connectivity index is 2.00.